The first kappa shape index (κ1) is 32.3. The van der Waals surface area contributed by atoms with Crippen LogP contribution in [-0.2, 0) is 37.7 Å². The Labute approximate surface area is 237 Å². The van der Waals surface area contributed by atoms with E-state index in [-0.39, 0.29) is 12.4 Å². The molecule has 3 aliphatic rings. The van der Waals surface area contributed by atoms with Gasteiger partial charge in [0.2, 0.25) is 5.91 Å². The molecule has 226 valence electrons. The Kier molecular flexibility index (Phi) is 10.3. The lowest BCUT2D eigenvalue weighted by molar-refractivity contribution is -0.203. The monoisotopic (exact) mass is 597 g/mol. The van der Waals surface area contributed by atoms with Gasteiger partial charge in [-0.2, -0.15) is 5.09 Å². The van der Waals surface area contributed by atoms with Crippen molar-refractivity contribution in [3.63, 3.8) is 0 Å². The molecular formula is C26H36N3O11P. The Morgan fingerprint density at radius 3 is 2.39 bits per heavy atom. The summed E-state index contributed by atoms with van der Waals surface area (Å²) >= 11 is 0. The molecule has 6 atom stereocenters. The molecule has 1 aromatic rings. The molecule has 1 amide bonds. The second kappa shape index (κ2) is 13.1. The zero-order chi connectivity index (χ0) is 30.5. The maximum absolute atomic E-state index is 13.6. The lowest BCUT2D eigenvalue weighted by Crippen LogP contribution is -2.42. The molecule has 1 aromatic carbocycles. The molecule has 0 aliphatic carbocycles. The van der Waals surface area contributed by atoms with E-state index in [0.717, 1.165) is 12.5 Å². The van der Waals surface area contributed by atoms with Gasteiger partial charge in [-0.15, -0.1) is 0 Å². The number of nitrogens with zero attached hydrogens (tertiary/aromatic N) is 1. The summed E-state index contributed by atoms with van der Waals surface area (Å²) < 4.78 is 43.3. The zero-order valence-electron chi connectivity index (χ0n) is 23.4. The minimum absolute atomic E-state index is 0.243. The Bertz CT molecular complexity index is 1230. The minimum Gasteiger partial charge on any atom is -0.481 e. The molecule has 4 rings (SSSR count). The van der Waals surface area contributed by atoms with Crippen LogP contribution in [0.2, 0.25) is 0 Å². The number of carboxylic acids is 2. The van der Waals surface area contributed by atoms with Crippen molar-refractivity contribution >= 4 is 25.6 Å². The maximum Gasteiger partial charge on any atom is 0.459 e. The third-order valence-corrected chi connectivity index (χ3v) is 7.68. The number of nitrogens with two attached hydrogens (primary N) is 1. The molecule has 0 radical (unpaired) electrons. The topological polar surface area (TPSA) is 196 Å². The third kappa shape index (κ3) is 8.86. The van der Waals surface area contributed by atoms with Gasteiger partial charge in [0.25, 0.3) is 5.97 Å². The molecule has 2 fully saturated rings. The average molecular weight is 598 g/mol. The summed E-state index contributed by atoms with van der Waals surface area (Å²) in [4.78, 5) is 33.9. The van der Waals surface area contributed by atoms with E-state index in [2.05, 4.69) is 5.09 Å². The number of aliphatic carboxylic acids is 2. The average Bonchev–Trinajstić information content (AvgIpc) is 3.36. The summed E-state index contributed by atoms with van der Waals surface area (Å²) in [5.74, 6) is -3.31. The van der Waals surface area contributed by atoms with Crippen LogP contribution in [0, 0.1) is 6.92 Å². The summed E-state index contributed by atoms with van der Waals surface area (Å²) in [5.41, 5.74) is 6.72. The number of carbonyl (C=O) groups excluding carboxylic acids is 1. The minimum atomic E-state index is -4.17. The molecular weight excluding hydrogens is 561 g/mol. The van der Waals surface area contributed by atoms with E-state index in [1.807, 2.05) is 6.92 Å². The van der Waals surface area contributed by atoms with Gasteiger partial charge in [0.05, 0.1) is 12.2 Å². The number of rotatable bonds is 10. The number of hydrogen-bond acceptors (Lipinski definition) is 10. The Morgan fingerprint density at radius 1 is 1.20 bits per heavy atom. The molecule has 0 saturated carbocycles. The van der Waals surface area contributed by atoms with Gasteiger partial charge in [-0.05, 0) is 39.8 Å². The highest BCUT2D eigenvalue weighted by Gasteiger charge is 2.57. The first-order chi connectivity index (χ1) is 19.1. The molecule has 2 unspecified atom stereocenters. The molecule has 15 heteroatoms. The number of benzene rings is 1. The SMILES string of the molecule is CC(=O)O.Cc1ccc(OP(=O)(N[C@@H](C)C(=O)O)OCC2O[C@@H](N3C=C(C(N)=O)C=CC3)[C@@H]3OC(C)(C)O[C@H]23)cc1. The van der Waals surface area contributed by atoms with Gasteiger partial charge >= 0.3 is 13.7 Å². The lowest BCUT2D eigenvalue weighted by Gasteiger charge is -2.32. The Morgan fingerprint density at radius 2 is 1.80 bits per heavy atom. The molecule has 0 bridgehead atoms. The van der Waals surface area contributed by atoms with Crippen molar-refractivity contribution in [1.29, 1.82) is 0 Å². The summed E-state index contributed by atoms with van der Waals surface area (Å²) in [6.45, 7) is 8.02. The van der Waals surface area contributed by atoms with Crippen molar-refractivity contribution in [1.82, 2.24) is 9.99 Å². The summed E-state index contributed by atoms with van der Waals surface area (Å²) in [7, 11) is -4.17. The second-order valence-electron chi connectivity index (χ2n) is 10.1. The van der Waals surface area contributed by atoms with Crippen LogP contribution in [0.15, 0.2) is 48.2 Å². The summed E-state index contributed by atoms with van der Waals surface area (Å²) in [5, 5.41) is 19.2. The normalized spacial score (nSPS) is 26.6. The number of hydrogen-bond donors (Lipinski definition) is 4. The maximum atomic E-state index is 13.6. The fraction of sp³-hybridized carbons (Fsp3) is 0.500. The number of amides is 1. The van der Waals surface area contributed by atoms with Crippen LogP contribution in [0.4, 0.5) is 0 Å². The van der Waals surface area contributed by atoms with Crippen molar-refractivity contribution < 1.29 is 52.4 Å². The lowest BCUT2D eigenvalue weighted by atomic mass is 10.1. The Balaban J connectivity index is 0.00000108. The number of ether oxygens (including phenoxy) is 3. The quantitative estimate of drug-likeness (QED) is 0.287. The molecule has 3 aliphatic heterocycles. The summed E-state index contributed by atoms with van der Waals surface area (Å²) in [6, 6.07) is 5.53. The predicted octanol–water partition coefficient (Wildman–Crippen LogP) is 2.14. The summed E-state index contributed by atoms with van der Waals surface area (Å²) in [6.07, 6.45) is 2.47. The van der Waals surface area contributed by atoms with Crippen LogP contribution in [0.1, 0.15) is 33.3 Å². The number of primary amides is 1. The van der Waals surface area contributed by atoms with Crippen molar-refractivity contribution in [2.45, 2.75) is 71.0 Å². The number of carboxylic acid groups (broad SMARTS) is 2. The molecule has 5 N–H and O–H groups in total. The van der Waals surface area contributed by atoms with Crippen LogP contribution in [0.5, 0.6) is 5.75 Å². The van der Waals surface area contributed by atoms with E-state index in [0.29, 0.717) is 12.1 Å². The highest BCUT2D eigenvalue weighted by Crippen LogP contribution is 2.47. The Hall–Kier alpha value is -3.26. The molecule has 2 saturated heterocycles. The first-order valence-corrected chi connectivity index (χ1v) is 14.3. The second-order valence-corrected chi connectivity index (χ2v) is 11.8. The number of nitrogens with one attached hydrogen (secondary N) is 1. The van der Waals surface area contributed by atoms with Gasteiger partial charge in [0.15, 0.2) is 12.0 Å². The van der Waals surface area contributed by atoms with E-state index in [1.54, 1.807) is 61.4 Å². The largest absolute Gasteiger partial charge is 0.481 e. The van der Waals surface area contributed by atoms with Gasteiger partial charge in [-0.3, -0.25) is 18.9 Å². The van der Waals surface area contributed by atoms with E-state index in [4.69, 9.17) is 38.9 Å². The fourth-order valence-electron chi connectivity index (χ4n) is 4.25. The van der Waals surface area contributed by atoms with Gasteiger partial charge in [0.1, 0.15) is 30.1 Å². The van der Waals surface area contributed by atoms with Gasteiger partial charge < -0.3 is 39.6 Å². The highest BCUT2D eigenvalue weighted by atomic mass is 31.2. The van der Waals surface area contributed by atoms with Crippen molar-refractivity contribution in [3.8, 4) is 5.75 Å². The molecule has 3 heterocycles. The van der Waals surface area contributed by atoms with E-state index in [1.165, 1.54) is 6.92 Å². The van der Waals surface area contributed by atoms with Crippen LogP contribution >= 0.6 is 7.75 Å². The van der Waals surface area contributed by atoms with Crippen LogP contribution < -0.4 is 15.3 Å². The zero-order valence-corrected chi connectivity index (χ0v) is 24.3. The fourth-order valence-corrected chi connectivity index (χ4v) is 5.76. The van der Waals surface area contributed by atoms with Crippen LogP contribution in [-0.4, -0.2) is 82.5 Å². The van der Waals surface area contributed by atoms with Crippen molar-refractivity contribution in [2.75, 3.05) is 13.2 Å². The van der Waals surface area contributed by atoms with Crippen molar-refractivity contribution in [2.24, 2.45) is 5.73 Å². The van der Waals surface area contributed by atoms with Crippen LogP contribution in [0.3, 0.4) is 0 Å². The molecule has 41 heavy (non-hydrogen) atoms. The van der Waals surface area contributed by atoms with E-state index >= 15 is 0 Å². The van der Waals surface area contributed by atoms with E-state index in [9.17, 15) is 19.3 Å². The highest BCUT2D eigenvalue weighted by molar-refractivity contribution is 7.52. The van der Waals surface area contributed by atoms with Crippen LogP contribution in [0.25, 0.3) is 0 Å². The standard InChI is InChI=1S/C24H32N3O9P.C2H4O2/c1-14-7-9-17(10-8-14)36-37(31,26-15(2)23(29)30)32-13-18-19-20(35-24(3,4)34-19)22(33-18)27-11-5-6-16(12-27)21(25)28;1-2(3)4/h5-10,12,15,18-20,22H,11,13H2,1-4H3,(H2,25,28)(H,26,31)(H,29,30);1H3,(H,3,4)/t15-,18?,19+,20+,22+,37?;/m0./s1. The number of aryl methyl sites for hydroxylation is 1. The van der Waals surface area contributed by atoms with Gasteiger partial charge in [-0.25, -0.2) is 4.57 Å². The third-order valence-electron chi connectivity index (χ3n) is 6.03. The number of carbonyl (C=O) groups is 3. The molecule has 0 spiro atoms. The van der Waals surface area contributed by atoms with E-state index < -0.39 is 62.0 Å². The number of fused-ring (bicyclic) bond motifs is 1. The van der Waals surface area contributed by atoms with Gasteiger partial charge in [-0.1, -0.05) is 29.8 Å². The van der Waals surface area contributed by atoms with Crippen molar-refractivity contribution in [3.05, 3.63) is 53.8 Å². The molecule has 14 nitrogen and oxygen atoms in total. The predicted molar refractivity (Wildman–Crippen MR) is 145 cm³/mol. The smallest absolute Gasteiger partial charge is 0.459 e. The molecule has 0 aromatic heterocycles. The first-order valence-electron chi connectivity index (χ1n) is 12.7. The van der Waals surface area contributed by atoms with Gasteiger partial charge in [0, 0.05) is 19.7 Å².